The van der Waals surface area contributed by atoms with E-state index in [0.717, 1.165) is 61.2 Å². The van der Waals surface area contributed by atoms with Crippen molar-refractivity contribution < 1.29 is 0 Å². The highest BCUT2D eigenvalue weighted by Gasteiger charge is 2.28. The Labute approximate surface area is 259 Å². The molecule has 9 rings (SSSR count). The van der Waals surface area contributed by atoms with Gasteiger partial charge in [0.05, 0.1) is 11.6 Å². The summed E-state index contributed by atoms with van der Waals surface area (Å²) in [5.74, 6) is 0. The molecule has 42 heavy (non-hydrogen) atoms. The number of hydrogen-bond acceptors (Lipinski definition) is 4. The fourth-order valence-electron chi connectivity index (χ4n) is 8.92. The Morgan fingerprint density at radius 2 is 0.762 bits per heavy atom. The molecule has 6 N–H and O–H groups in total. The molecule has 4 nitrogen and oxygen atoms in total. The second-order valence-electron chi connectivity index (χ2n) is 13.1. The topological polar surface area (TPSA) is 102 Å². The van der Waals surface area contributed by atoms with E-state index >= 15 is 0 Å². The van der Waals surface area contributed by atoms with Crippen LogP contribution in [-0.4, -0.2) is 0 Å². The summed E-state index contributed by atoms with van der Waals surface area (Å²) in [4.78, 5) is 0. The molecule has 0 saturated heterocycles. The standard InChI is InChI=1S/C13H14N2.C12H14BrN.C12H15N/c14-7-12-8-3-1-5-10(8)13(15)11-6-2-4-9(11)12;13-11-7-3-1-5-9(7)12(14)10-6-2-4-8(10)11;13-12-10-5-1-3-8(10)7-9-4-2-6-11(9)12/h1-6,15H2;1-6,14H2;7H,1-6,13H2. The van der Waals surface area contributed by atoms with Crippen LogP contribution < -0.4 is 17.2 Å². The van der Waals surface area contributed by atoms with Crippen molar-refractivity contribution in [2.75, 3.05) is 17.2 Å². The number of nitrogens with zero attached hydrogens (tertiary/aromatic N) is 1. The molecule has 0 radical (unpaired) electrons. The third kappa shape index (κ3) is 4.53. The number of halogens is 1. The lowest BCUT2D eigenvalue weighted by Crippen LogP contribution is -2.03. The van der Waals surface area contributed by atoms with Gasteiger partial charge in [0.15, 0.2) is 0 Å². The molecular formula is C37H43BrN4. The summed E-state index contributed by atoms with van der Waals surface area (Å²) in [7, 11) is 0. The molecule has 6 aliphatic carbocycles. The van der Waals surface area contributed by atoms with Crippen molar-refractivity contribution in [1.29, 1.82) is 5.26 Å². The minimum absolute atomic E-state index is 0.962. The molecule has 0 bridgehead atoms. The number of nitriles is 1. The number of benzene rings is 3. The number of rotatable bonds is 0. The van der Waals surface area contributed by atoms with E-state index in [0.29, 0.717) is 0 Å². The van der Waals surface area contributed by atoms with Gasteiger partial charge in [0.1, 0.15) is 0 Å². The normalized spacial score (nSPS) is 18.1. The molecule has 0 fully saturated rings. The smallest absolute Gasteiger partial charge is 0.0997 e. The maximum absolute atomic E-state index is 9.27. The Morgan fingerprint density at radius 3 is 1.19 bits per heavy atom. The van der Waals surface area contributed by atoms with E-state index in [9.17, 15) is 5.26 Å². The van der Waals surface area contributed by atoms with E-state index < -0.39 is 0 Å². The molecule has 0 unspecified atom stereocenters. The third-order valence-corrected chi connectivity index (χ3v) is 11.9. The molecule has 0 aromatic heterocycles. The molecular weight excluding hydrogens is 580 g/mol. The summed E-state index contributed by atoms with van der Waals surface area (Å²) in [6.45, 7) is 0. The van der Waals surface area contributed by atoms with Crippen LogP contribution >= 0.6 is 15.9 Å². The summed E-state index contributed by atoms with van der Waals surface area (Å²) in [5, 5.41) is 9.27. The van der Waals surface area contributed by atoms with Crippen LogP contribution in [0.25, 0.3) is 0 Å². The molecule has 0 heterocycles. The Bertz CT molecular complexity index is 1500. The minimum Gasteiger partial charge on any atom is -0.398 e. The first-order valence-corrected chi connectivity index (χ1v) is 17.1. The van der Waals surface area contributed by atoms with Gasteiger partial charge in [-0.05, 0) is 182 Å². The van der Waals surface area contributed by atoms with Crippen LogP contribution in [0.5, 0.6) is 0 Å². The van der Waals surface area contributed by atoms with Crippen molar-refractivity contribution in [2.45, 2.75) is 116 Å². The molecule has 6 aliphatic rings. The molecule has 0 aliphatic heterocycles. The zero-order valence-corrected chi connectivity index (χ0v) is 26.4. The summed E-state index contributed by atoms with van der Waals surface area (Å²) >= 11 is 3.76. The van der Waals surface area contributed by atoms with Crippen molar-refractivity contribution in [1.82, 2.24) is 0 Å². The second kappa shape index (κ2) is 11.3. The van der Waals surface area contributed by atoms with Crippen LogP contribution in [0.15, 0.2) is 10.5 Å². The van der Waals surface area contributed by atoms with Crippen molar-refractivity contribution in [2.24, 2.45) is 0 Å². The number of nitrogens with two attached hydrogens (primary N) is 3. The SMILES string of the molecule is N#Cc1c2c(c(N)c3c1CCC3)CCC2.Nc1c2c(c(Br)c3c1CCC3)CCC2.Nc1c2c(cc3c1CCC3)CCC2. The third-order valence-electron chi connectivity index (χ3n) is 10.9. The summed E-state index contributed by atoms with van der Waals surface area (Å²) in [5.41, 5.74) is 39.9. The summed E-state index contributed by atoms with van der Waals surface area (Å²) in [6.07, 6.45) is 21.5. The first-order valence-electron chi connectivity index (χ1n) is 16.3. The highest BCUT2D eigenvalue weighted by molar-refractivity contribution is 9.10. The van der Waals surface area contributed by atoms with Crippen LogP contribution in [0.3, 0.4) is 0 Å². The molecule has 3 aromatic rings. The predicted molar refractivity (Wildman–Crippen MR) is 177 cm³/mol. The number of fused-ring (bicyclic) bond motifs is 6. The molecule has 5 heteroatoms. The summed E-state index contributed by atoms with van der Waals surface area (Å²) in [6, 6.07) is 4.82. The molecule has 218 valence electrons. The van der Waals surface area contributed by atoms with Crippen LogP contribution in [0.4, 0.5) is 17.1 Å². The highest BCUT2D eigenvalue weighted by atomic mass is 79.9. The lowest BCUT2D eigenvalue weighted by atomic mass is 9.93. The Kier molecular flexibility index (Phi) is 7.47. The Morgan fingerprint density at radius 1 is 0.452 bits per heavy atom. The molecule has 0 saturated carbocycles. The highest BCUT2D eigenvalue weighted by Crippen LogP contribution is 2.43. The van der Waals surface area contributed by atoms with E-state index in [4.69, 9.17) is 17.2 Å². The van der Waals surface area contributed by atoms with Gasteiger partial charge in [-0.25, -0.2) is 0 Å². The van der Waals surface area contributed by atoms with Crippen LogP contribution in [0, 0.1) is 11.3 Å². The Hall–Kier alpha value is -2.97. The van der Waals surface area contributed by atoms with Crippen LogP contribution in [0.2, 0.25) is 0 Å². The van der Waals surface area contributed by atoms with Crippen molar-refractivity contribution >= 4 is 33.0 Å². The predicted octanol–water partition coefficient (Wildman–Crippen LogP) is 7.37. The van der Waals surface area contributed by atoms with Gasteiger partial charge < -0.3 is 17.2 Å². The quantitative estimate of drug-likeness (QED) is 0.228. The lowest BCUT2D eigenvalue weighted by molar-refractivity contribution is 0.896. The maximum atomic E-state index is 9.27. The second-order valence-corrected chi connectivity index (χ2v) is 13.9. The van der Waals surface area contributed by atoms with Gasteiger partial charge in [0, 0.05) is 21.5 Å². The fourth-order valence-corrected chi connectivity index (χ4v) is 9.80. The van der Waals surface area contributed by atoms with Crippen molar-refractivity contribution in [3.8, 4) is 6.07 Å². The number of nitrogen functional groups attached to an aromatic ring is 3. The first-order chi connectivity index (χ1) is 20.5. The average molecular weight is 624 g/mol. The Balaban J connectivity index is 0.000000103. The van der Waals surface area contributed by atoms with E-state index in [1.807, 2.05) is 0 Å². The first kappa shape index (κ1) is 27.8. The van der Waals surface area contributed by atoms with E-state index in [-0.39, 0.29) is 0 Å². The fraction of sp³-hybridized carbons (Fsp3) is 0.486. The largest absolute Gasteiger partial charge is 0.398 e. The van der Waals surface area contributed by atoms with Crippen molar-refractivity contribution in [3.05, 3.63) is 82.9 Å². The molecule has 3 aromatic carbocycles. The van der Waals surface area contributed by atoms with Gasteiger partial charge in [0.2, 0.25) is 0 Å². The molecule has 0 atom stereocenters. The van der Waals surface area contributed by atoms with E-state index in [1.165, 1.54) is 148 Å². The van der Waals surface area contributed by atoms with Crippen LogP contribution in [-0.2, 0) is 77.0 Å². The van der Waals surface area contributed by atoms with E-state index in [2.05, 4.69) is 28.1 Å². The minimum atomic E-state index is 0.962. The molecule has 0 spiro atoms. The average Bonchev–Trinajstić information content (AvgIpc) is 3.84. The van der Waals surface area contributed by atoms with Gasteiger partial charge >= 0.3 is 0 Å². The monoisotopic (exact) mass is 622 g/mol. The van der Waals surface area contributed by atoms with Gasteiger partial charge in [-0.1, -0.05) is 22.0 Å². The number of hydrogen-bond donors (Lipinski definition) is 3. The number of aryl methyl sites for hydroxylation is 2. The van der Waals surface area contributed by atoms with Gasteiger partial charge in [-0.15, -0.1) is 0 Å². The molecule has 0 amide bonds. The van der Waals surface area contributed by atoms with Gasteiger partial charge in [0.25, 0.3) is 0 Å². The summed E-state index contributed by atoms with van der Waals surface area (Å²) < 4.78 is 1.38. The lowest BCUT2D eigenvalue weighted by Gasteiger charge is -2.13. The van der Waals surface area contributed by atoms with Gasteiger partial charge in [-0.3, -0.25) is 0 Å². The van der Waals surface area contributed by atoms with E-state index in [1.54, 1.807) is 0 Å². The zero-order valence-electron chi connectivity index (χ0n) is 24.9. The number of anilines is 3. The van der Waals surface area contributed by atoms with Crippen LogP contribution in [0.1, 0.15) is 111 Å². The van der Waals surface area contributed by atoms with Crippen molar-refractivity contribution in [3.63, 3.8) is 0 Å². The zero-order chi connectivity index (χ0) is 29.0. The van der Waals surface area contributed by atoms with Gasteiger partial charge in [-0.2, -0.15) is 5.26 Å². The maximum Gasteiger partial charge on any atom is 0.0997 e.